The highest BCUT2D eigenvalue weighted by Gasteiger charge is 2.18. The van der Waals surface area contributed by atoms with E-state index in [1.54, 1.807) is 11.8 Å². The number of benzene rings is 1. The number of nitrogens with one attached hydrogen (secondary N) is 2. The Labute approximate surface area is 111 Å². The van der Waals surface area contributed by atoms with Gasteiger partial charge in [-0.15, -0.1) is 11.8 Å². The minimum atomic E-state index is -0.159. The summed E-state index contributed by atoms with van der Waals surface area (Å²) in [6.45, 7) is 4.81. The number of carbonyl (C=O) groups is 1. The normalized spacial score (nSPS) is 14.9. The highest BCUT2D eigenvalue weighted by molar-refractivity contribution is 8.00. The van der Waals surface area contributed by atoms with E-state index in [-0.39, 0.29) is 17.9 Å². The quantitative estimate of drug-likeness (QED) is 0.781. The van der Waals surface area contributed by atoms with Crippen molar-refractivity contribution >= 4 is 29.0 Å². The number of hydrogen-bond acceptors (Lipinski definition) is 4. The smallest absolute Gasteiger partial charge is 0.234 e. The maximum Gasteiger partial charge on any atom is 0.234 e. The van der Waals surface area contributed by atoms with Crippen LogP contribution in [0.4, 0.5) is 11.4 Å². The zero-order valence-corrected chi connectivity index (χ0v) is 11.4. The maximum absolute atomic E-state index is 11.3. The highest BCUT2D eigenvalue weighted by atomic mass is 32.2. The summed E-state index contributed by atoms with van der Waals surface area (Å²) >= 11 is 1.55. The van der Waals surface area contributed by atoms with E-state index < -0.39 is 0 Å². The molecule has 0 aliphatic carbocycles. The van der Waals surface area contributed by atoms with Crippen molar-refractivity contribution in [2.24, 2.45) is 5.41 Å². The number of rotatable bonds is 4. The number of amides is 1. The van der Waals surface area contributed by atoms with Crippen molar-refractivity contribution in [3.8, 4) is 0 Å². The fraction of sp³-hybridized carbons (Fsp3) is 0.462. The molecule has 1 aromatic rings. The van der Waals surface area contributed by atoms with Gasteiger partial charge in [0.1, 0.15) is 0 Å². The van der Waals surface area contributed by atoms with Crippen LogP contribution in [0.15, 0.2) is 23.1 Å². The van der Waals surface area contributed by atoms with Crippen molar-refractivity contribution in [1.29, 1.82) is 0 Å². The van der Waals surface area contributed by atoms with Gasteiger partial charge in [0, 0.05) is 29.1 Å². The number of hydrogen-bond donors (Lipinski definition) is 3. The van der Waals surface area contributed by atoms with Crippen LogP contribution in [0.25, 0.3) is 0 Å². The minimum Gasteiger partial charge on any atom is -0.396 e. The molecule has 4 nitrogen and oxygen atoms in total. The van der Waals surface area contributed by atoms with E-state index in [4.69, 9.17) is 0 Å². The molecule has 0 radical (unpaired) electrons. The zero-order chi connectivity index (χ0) is 13.2. The first-order chi connectivity index (χ1) is 8.50. The number of aliphatic hydroxyl groups is 1. The summed E-state index contributed by atoms with van der Waals surface area (Å²) in [5, 5.41) is 15.3. The van der Waals surface area contributed by atoms with E-state index in [0.717, 1.165) is 16.3 Å². The number of aliphatic hydroxyl groups excluding tert-OH is 1. The minimum absolute atomic E-state index is 0.0420. The summed E-state index contributed by atoms with van der Waals surface area (Å²) in [5.41, 5.74) is 1.66. The van der Waals surface area contributed by atoms with Gasteiger partial charge in [-0.05, 0) is 18.2 Å². The molecule has 98 valence electrons. The Morgan fingerprint density at radius 1 is 1.50 bits per heavy atom. The van der Waals surface area contributed by atoms with Crippen LogP contribution in [0.5, 0.6) is 0 Å². The Bertz CT molecular complexity index is 460. The van der Waals surface area contributed by atoms with Crippen molar-refractivity contribution < 1.29 is 9.90 Å². The molecule has 1 aromatic carbocycles. The van der Waals surface area contributed by atoms with E-state index in [1.165, 1.54) is 0 Å². The fourth-order valence-corrected chi connectivity index (χ4v) is 2.38. The lowest BCUT2D eigenvalue weighted by atomic mass is 9.95. The second-order valence-electron chi connectivity index (χ2n) is 5.22. The van der Waals surface area contributed by atoms with Gasteiger partial charge >= 0.3 is 0 Å². The van der Waals surface area contributed by atoms with Crippen LogP contribution in [0.1, 0.15) is 13.8 Å². The topological polar surface area (TPSA) is 61.4 Å². The van der Waals surface area contributed by atoms with Crippen molar-refractivity contribution in [1.82, 2.24) is 0 Å². The Balaban J connectivity index is 2.07. The van der Waals surface area contributed by atoms with E-state index in [0.29, 0.717) is 12.3 Å². The first kappa shape index (κ1) is 13.2. The van der Waals surface area contributed by atoms with Crippen LogP contribution in [-0.2, 0) is 4.79 Å². The van der Waals surface area contributed by atoms with Crippen LogP contribution >= 0.6 is 11.8 Å². The van der Waals surface area contributed by atoms with Crippen molar-refractivity contribution in [2.45, 2.75) is 18.7 Å². The Morgan fingerprint density at radius 2 is 2.28 bits per heavy atom. The summed E-state index contributed by atoms with van der Waals surface area (Å²) in [4.78, 5) is 12.4. The average Bonchev–Trinajstić information content (AvgIpc) is 2.36. The van der Waals surface area contributed by atoms with Gasteiger partial charge in [0.2, 0.25) is 5.91 Å². The van der Waals surface area contributed by atoms with Gasteiger partial charge in [-0.25, -0.2) is 0 Å². The third-order valence-electron chi connectivity index (χ3n) is 2.81. The van der Waals surface area contributed by atoms with Gasteiger partial charge in [0.15, 0.2) is 0 Å². The molecule has 18 heavy (non-hydrogen) atoms. The molecule has 0 saturated carbocycles. The second kappa shape index (κ2) is 5.20. The molecule has 1 aliphatic heterocycles. The molecule has 1 amide bonds. The maximum atomic E-state index is 11.3. The van der Waals surface area contributed by atoms with Gasteiger partial charge in [-0.3, -0.25) is 4.79 Å². The summed E-state index contributed by atoms with van der Waals surface area (Å²) < 4.78 is 0. The van der Waals surface area contributed by atoms with Crippen molar-refractivity contribution in [3.05, 3.63) is 18.2 Å². The van der Waals surface area contributed by atoms with E-state index in [9.17, 15) is 9.90 Å². The lowest BCUT2D eigenvalue weighted by Gasteiger charge is -2.23. The molecular weight excluding hydrogens is 248 g/mol. The van der Waals surface area contributed by atoms with Gasteiger partial charge in [0.25, 0.3) is 0 Å². The predicted molar refractivity (Wildman–Crippen MR) is 75.2 cm³/mol. The summed E-state index contributed by atoms with van der Waals surface area (Å²) in [5.74, 6) is 0.525. The highest BCUT2D eigenvalue weighted by Crippen LogP contribution is 2.33. The molecule has 1 heterocycles. The molecule has 0 fully saturated rings. The first-order valence-corrected chi connectivity index (χ1v) is 6.90. The summed E-state index contributed by atoms with van der Waals surface area (Å²) in [6, 6.07) is 5.94. The van der Waals surface area contributed by atoms with Crippen LogP contribution in [0, 0.1) is 5.41 Å². The van der Waals surface area contributed by atoms with Gasteiger partial charge in [0.05, 0.1) is 11.4 Å². The molecule has 0 spiro atoms. The van der Waals surface area contributed by atoms with Crippen LogP contribution in [-0.4, -0.2) is 29.9 Å². The predicted octanol–water partition coefficient (Wildman–Crippen LogP) is 2.16. The van der Waals surface area contributed by atoms with E-state index in [1.807, 2.05) is 32.0 Å². The van der Waals surface area contributed by atoms with Crippen LogP contribution in [0.2, 0.25) is 0 Å². The number of carbonyl (C=O) groups excluding carboxylic acids is 1. The average molecular weight is 266 g/mol. The second-order valence-corrected chi connectivity index (χ2v) is 6.24. The van der Waals surface area contributed by atoms with Gasteiger partial charge in [-0.1, -0.05) is 13.8 Å². The molecular formula is C13H18N2O2S. The third-order valence-corrected chi connectivity index (χ3v) is 3.89. The third kappa shape index (κ3) is 3.17. The lowest BCUT2D eigenvalue weighted by molar-refractivity contribution is -0.113. The van der Waals surface area contributed by atoms with Gasteiger partial charge in [-0.2, -0.15) is 0 Å². The molecule has 0 bridgehead atoms. The SMILES string of the molecule is CC(C)(CO)CNc1ccc2c(c1)NC(=O)CS2. The summed E-state index contributed by atoms with van der Waals surface area (Å²) in [6.07, 6.45) is 0. The first-order valence-electron chi connectivity index (χ1n) is 5.92. The van der Waals surface area contributed by atoms with Crippen LogP contribution < -0.4 is 10.6 Å². The molecule has 1 aliphatic rings. The van der Waals surface area contributed by atoms with Crippen molar-refractivity contribution in [2.75, 3.05) is 29.5 Å². The Morgan fingerprint density at radius 3 is 3.00 bits per heavy atom. The largest absolute Gasteiger partial charge is 0.396 e. The Kier molecular flexibility index (Phi) is 3.82. The van der Waals surface area contributed by atoms with E-state index >= 15 is 0 Å². The molecule has 0 aromatic heterocycles. The standard InChI is InChI=1S/C13H18N2O2S/c1-13(2,8-16)7-14-9-3-4-11-10(5-9)15-12(17)6-18-11/h3-5,14,16H,6-8H2,1-2H3,(H,15,17). The summed E-state index contributed by atoms with van der Waals surface area (Å²) in [7, 11) is 0. The molecule has 0 atom stereocenters. The van der Waals surface area contributed by atoms with Crippen molar-refractivity contribution in [3.63, 3.8) is 0 Å². The number of anilines is 2. The number of fused-ring (bicyclic) bond motifs is 1. The van der Waals surface area contributed by atoms with Crippen LogP contribution in [0.3, 0.4) is 0 Å². The molecule has 0 unspecified atom stereocenters. The fourth-order valence-electron chi connectivity index (χ4n) is 1.59. The molecule has 0 saturated heterocycles. The molecule has 3 N–H and O–H groups in total. The number of thioether (sulfide) groups is 1. The van der Waals surface area contributed by atoms with E-state index in [2.05, 4.69) is 10.6 Å². The molecule has 2 rings (SSSR count). The monoisotopic (exact) mass is 266 g/mol. The zero-order valence-electron chi connectivity index (χ0n) is 10.6. The van der Waals surface area contributed by atoms with Gasteiger partial charge < -0.3 is 15.7 Å². The Hall–Kier alpha value is -1.20. The molecule has 5 heteroatoms. The lowest BCUT2D eigenvalue weighted by Crippen LogP contribution is -2.27.